The normalized spacial score (nSPS) is 18.9. The van der Waals surface area contributed by atoms with E-state index in [1.165, 1.54) is 38.4 Å². The van der Waals surface area contributed by atoms with Gasteiger partial charge >= 0.3 is 0 Å². The Balaban J connectivity index is 2.12. The highest BCUT2D eigenvalue weighted by atomic mass is 32.2. The number of imidazole rings is 1. The number of nitrogens with zero attached hydrogens (tertiary/aromatic N) is 2. The number of hydrogen-bond donors (Lipinski definition) is 1. The smallest absolute Gasteiger partial charge is 0.203 e. The molecule has 0 radical (unpaired) electrons. The predicted molar refractivity (Wildman–Crippen MR) is 81.9 cm³/mol. The van der Waals surface area contributed by atoms with Crippen LogP contribution in [0.4, 0.5) is 5.95 Å². The van der Waals surface area contributed by atoms with E-state index in [4.69, 9.17) is 0 Å². The first kappa shape index (κ1) is 15.4. The molecule has 114 valence electrons. The SMILES string of the molecule is Cc1cn(C(C)CS(C)(=O)=O)c(NC2CCCCC2)n1. The summed E-state index contributed by atoms with van der Waals surface area (Å²) in [6, 6.07) is 0.368. The van der Waals surface area contributed by atoms with Crippen LogP contribution in [0.15, 0.2) is 6.20 Å². The molecule has 6 heteroatoms. The van der Waals surface area contributed by atoms with E-state index >= 15 is 0 Å². The van der Waals surface area contributed by atoms with Crippen molar-refractivity contribution in [3.63, 3.8) is 0 Å². The molecule has 1 aliphatic carbocycles. The first-order valence-electron chi connectivity index (χ1n) is 7.35. The molecule has 5 nitrogen and oxygen atoms in total. The molecular formula is C14H25N3O2S. The molecule has 1 fully saturated rings. The van der Waals surface area contributed by atoms with Crippen LogP contribution >= 0.6 is 0 Å². The van der Waals surface area contributed by atoms with Crippen LogP contribution in [0.2, 0.25) is 0 Å². The Morgan fingerprint density at radius 2 is 2.05 bits per heavy atom. The van der Waals surface area contributed by atoms with Crippen molar-refractivity contribution in [2.45, 2.75) is 58.0 Å². The van der Waals surface area contributed by atoms with Crippen LogP contribution in [-0.4, -0.2) is 36.0 Å². The lowest BCUT2D eigenvalue weighted by atomic mass is 9.96. The van der Waals surface area contributed by atoms with Gasteiger partial charge in [-0.1, -0.05) is 19.3 Å². The first-order chi connectivity index (χ1) is 9.35. The summed E-state index contributed by atoms with van der Waals surface area (Å²) in [5, 5.41) is 3.49. The fourth-order valence-electron chi connectivity index (χ4n) is 2.91. The Labute approximate surface area is 121 Å². The highest BCUT2D eigenvalue weighted by Gasteiger charge is 2.19. The summed E-state index contributed by atoms with van der Waals surface area (Å²) in [5.41, 5.74) is 0.920. The van der Waals surface area contributed by atoms with Crippen molar-refractivity contribution in [3.05, 3.63) is 11.9 Å². The quantitative estimate of drug-likeness (QED) is 0.907. The van der Waals surface area contributed by atoms with E-state index in [0.717, 1.165) is 11.6 Å². The second kappa shape index (κ2) is 6.16. The van der Waals surface area contributed by atoms with Gasteiger partial charge in [0.25, 0.3) is 0 Å². The van der Waals surface area contributed by atoms with Gasteiger partial charge in [0.1, 0.15) is 9.84 Å². The van der Waals surface area contributed by atoms with Crippen LogP contribution in [0.3, 0.4) is 0 Å². The van der Waals surface area contributed by atoms with Crippen molar-refractivity contribution in [1.82, 2.24) is 9.55 Å². The van der Waals surface area contributed by atoms with Gasteiger partial charge in [0, 0.05) is 24.5 Å². The molecule has 1 N–H and O–H groups in total. The maximum absolute atomic E-state index is 11.5. The molecule has 1 heterocycles. The third-order valence-electron chi connectivity index (χ3n) is 3.81. The molecule has 1 saturated carbocycles. The van der Waals surface area contributed by atoms with E-state index in [-0.39, 0.29) is 11.8 Å². The minimum Gasteiger partial charge on any atom is -0.353 e. The van der Waals surface area contributed by atoms with Gasteiger partial charge in [-0.25, -0.2) is 13.4 Å². The summed E-state index contributed by atoms with van der Waals surface area (Å²) < 4.78 is 24.9. The third kappa shape index (κ3) is 4.23. The molecule has 1 atom stereocenters. The van der Waals surface area contributed by atoms with E-state index in [1.807, 2.05) is 24.6 Å². The third-order valence-corrected chi connectivity index (χ3v) is 4.90. The van der Waals surface area contributed by atoms with Crippen LogP contribution in [0.25, 0.3) is 0 Å². The molecule has 1 aromatic heterocycles. The standard InChI is InChI=1S/C14H25N3O2S/c1-11-9-17(12(2)10-20(3,18)19)14(15-11)16-13-7-5-4-6-8-13/h9,12-13H,4-8,10H2,1-3H3,(H,15,16). The summed E-state index contributed by atoms with van der Waals surface area (Å²) in [6.45, 7) is 3.87. The van der Waals surface area contributed by atoms with Gasteiger partial charge in [0.2, 0.25) is 5.95 Å². The van der Waals surface area contributed by atoms with Crippen molar-refractivity contribution in [3.8, 4) is 0 Å². The largest absolute Gasteiger partial charge is 0.353 e. The fourth-order valence-corrected chi connectivity index (χ4v) is 3.94. The van der Waals surface area contributed by atoms with Gasteiger partial charge in [-0.2, -0.15) is 0 Å². The van der Waals surface area contributed by atoms with Crippen LogP contribution in [0.5, 0.6) is 0 Å². The van der Waals surface area contributed by atoms with Gasteiger partial charge < -0.3 is 9.88 Å². The van der Waals surface area contributed by atoms with Gasteiger partial charge in [-0.15, -0.1) is 0 Å². The van der Waals surface area contributed by atoms with Crippen LogP contribution in [0.1, 0.15) is 50.8 Å². The Morgan fingerprint density at radius 3 is 2.65 bits per heavy atom. The average molecular weight is 299 g/mol. The highest BCUT2D eigenvalue weighted by Crippen LogP contribution is 2.23. The number of hydrogen-bond acceptors (Lipinski definition) is 4. The van der Waals surface area contributed by atoms with E-state index in [1.54, 1.807) is 0 Å². The van der Waals surface area contributed by atoms with Crippen molar-refractivity contribution in [2.75, 3.05) is 17.3 Å². The molecule has 0 saturated heterocycles. The molecule has 1 aromatic rings. The molecular weight excluding hydrogens is 274 g/mol. The Kier molecular flexibility index (Phi) is 4.73. The van der Waals surface area contributed by atoms with E-state index in [9.17, 15) is 8.42 Å². The lowest BCUT2D eigenvalue weighted by Gasteiger charge is -2.25. The minimum atomic E-state index is -2.99. The number of aromatic nitrogens is 2. The summed E-state index contributed by atoms with van der Waals surface area (Å²) in [7, 11) is -2.99. The zero-order valence-electron chi connectivity index (χ0n) is 12.6. The summed E-state index contributed by atoms with van der Waals surface area (Å²) >= 11 is 0. The number of rotatable bonds is 5. The number of nitrogens with one attached hydrogen (secondary N) is 1. The maximum Gasteiger partial charge on any atom is 0.203 e. The molecule has 1 unspecified atom stereocenters. The molecule has 0 amide bonds. The van der Waals surface area contributed by atoms with Crippen molar-refractivity contribution in [2.24, 2.45) is 0 Å². The molecule has 1 aliphatic rings. The average Bonchev–Trinajstić information content (AvgIpc) is 2.69. The lowest BCUT2D eigenvalue weighted by molar-refractivity contribution is 0.457. The Morgan fingerprint density at radius 1 is 1.40 bits per heavy atom. The second-order valence-corrected chi connectivity index (χ2v) is 8.22. The number of aryl methyl sites for hydroxylation is 1. The van der Waals surface area contributed by atoms with Gasteiger partial charge in [0.05, 0.1) is 11.4 Å². The van der Waals surface area contributed by atoms with Crippen molar-refractivity contribution < 1.29 is 8.42 Å². The fraction of sp³-hybridized carbons (Fsp3) is 0.786. The van der Waals surface area contributed by atoms with Crippen LogP contribution in [0, 0.1) is 6.92 Å². The predicted octanol–water partition coefficient (Wildman–Crippen LogP) is 2.54. The molecule has 0 spiro atoms. The Bertz CT molecular complexity index is 545. The summed E-state index contributed by atoms with van der Waals surface area (Å²) in [4.78, 5) is 4.51. The summed E-state index contributed by atoms with van der Waals surface area (Å²) in [5.74, 6) is 0.952. The van der Waals surface area contributed by atoms with Crippen LogP contribution in [-0.2, 0) is 9.84 Å². The van der Waals surface area contributed by atoms with Gasteiger partial charge in [-0.05, 0) is 26.7 Å². The Hall–Kier alpha value is -1.04. The van der Waals surface area contributed by atoms with Gasteiger partial charge in [-0.3, -0.25) is 0 Å². The van der Waals surface area contributed by atoms with E-state index < -0.39 is 9.84 Å². The first-order valence-corrected chi connectivity index (χ1v) is 9.41. The number of anilines is 1. The van der Waals surface area contributed by atoms with Crippen molar-refractivity contribution >= 4 is 15.8 Å². The van der Waals surface area contributed by atoms with Crippen molar-refractivity contribution in [1.29, 1.82) is 0 Å². The minimum absolute atomic E-state index is 0.0997. The molecule has 0 aromatic carbocycles. The topological polar surface area (TPSA) is 64.0 Å². The molecule has 0 bridgehead atoms. The zero-order valence-corrected chi connectivity index (χ0v) is 13.4. The maximum atomic E-state index is 11.5. The molecule has 0 aliphatic heterocycles. The second-order valence-electron chi connectivity index (χ2n) is 6.03. The van der Waals surface area contributed by atoms with E-state index in [0.29, 0.717) is 6.04 Å². The van der Waals surface area contributed by atoms with Crippen LogP contribution < -0.4 is 5.32 Å². The molecule has 20 heavy (non-hydrogen) atoms. The highest BCUT2D eigenvalue weighted by molar-refractivity contribution is 7.90. The monoisotopic (exact) mass is 299 g/mol. The van der Waals surface area contributed by atoms with E-state index in [2.05, 4.69) is 10.3 Å². The summed E-state index contributed by atoms with van der Waals surface area (Å²) in [6.07, 6.45) is 9.39. The lowest BCUT2D eigenvalue weighted by Crippen LogP contribution is -2.26. The van der Waals surface area contributed by atoms with Gasteiger partial charge in [0.15, 0.2) is 0 Å². The molecule has 2 rings (SSSR count). The zero-order chi connectivity index (χ0) is 14.8. The number of sulfone groups is 1.